The lowest BCUT2D eigenvalue weighted by Crippen LogP contribution is -1.88. The lowest BCUT2D eigenvalue weighted by molar-refractivity contribution is 0.109. The molecule has 2 heterocycles. The van der Waals surface area contributed by atoms with Gasteiger partial charge < -0.3 is 4.42 Å². The number of aldehydes is 1. The Balaban J connectivity index is 0.000000205. The highest BCUT2D eigenvalue weighted by atomic mass is 16.3. The third kappa shape index (κ3) is 4.49. The van der Waals surface area contributed by atoms with Crippen LogP contribution in [0, 0.1) is 0 Å². The van der Waals surface area contributed by atoms with Crippen molar-refractivity contribution < 1.29 is 9.21 Å². The van der Waals surface area contributed by atoms with Crippen molar-refractivity contribution in [3.8, 4) is 0 Å². The summed E-state index contributed by atoms with van der Waals surface area (Å²) < 4.78 is 4.91. The third-order valence-electron chi connectivity index (χ3n) is 2.46. The van der Waals surface area contributed by atoms with Gasteiger partial charge in [-0.1, -0.05) is 36.4 Å². The number of carbonyl (C=O) groups is 1. The molecule has 0 saturated heterocycles. The fourth-order valence-electron chi connectivity index (χ4n) is 1.58. The van der Waals surface area contributed by atoms with Crippen LogP contribution < -0.4 is 0 Å². The SMILES string of the molecule is O=Cc1nc(Cc2ccccc2)co1.c1ccncc1. The zero-order chi connectivity index (χ0) is 14.0. The molecular formula is C16H14N2O2. The van der Waals surface area contributed by atoms with Crippen LogP contribution in [0.25, 0.3) is 0 Å². The smallest absolute Gasteiger partial charge is 0.259 e. The van der Waals surface area contributed by atoms with E-state index in [1.54, 1.807) is 12.4 Å². The van der Waals surface area contributed by atoms with E-state index in [9.17, 15) is 4.79 Å². The summed E-state index contributed by atoms with van der Waals surface area (Å²) in [5.74, 6) is 0.135. The standard InChI is InChI=1S/C11H9NO2.C5H5N/c13-7-11-12-10(8-14-11)6-9-4-2-1-3-5-9;1-2-4-6-5-3-1/h1-5,7-8H,6H2;1-5H. The van der Waals surface area contributed by atoms with Crippen LogP contribution >= 0.6 is 0 Å². The van der Waals surface area contributed by atoms with Crippen molar-refractivity contribution in [2.45, 2.75) is 6.42 Å². The van der Waals surface area contributed by atoms with E-state index in [0.29, 0.717) is 12.7 Å². The average Bonchev–Trinajstić information content (AvgIpc) is 2.98. The number of hydrogen-bond donors (Lipinski definition) is 0. The van der Waals surface area contributed by atoms with Crippen molar-refractivity contribution in [3.63, 3.8) is 0 Å². The minimum Gasteiger partial charge on any atom is -0.442 e. The topological polar surface area (TPSA) is 56.0 Å². The summed E-state index contributed by atoms with van der Waals surface area (Å²) >= 11 is 0. The van der Waals surface area contributed by atoms with E-state index in [1.165, 1.54) is 6.26 Å². The van der Waals surface area contributed by atoms with E-state index >= 15 is 0 Å². The predicted octanol–water partition coefficient (Wildman–Crippen LogP) is 3.16. The van der Waals surface area contributed by atoms with Gasteiger partial charge >= 0.3 is 0 Å². The first-order valence-electron chi connectivity index (χ1n) is 6.17. The van der Waals surface area contributed by atoms with E-state index in [4.69, 9.17) is 4.42 Å². The van der Waals surface area contributed by atoms with Gasteiger partial charge in [0.05, 0.1) is 5.69 Å². The number of hydrogen-bond acceptors (Lipinski definition) is 4. The fourth-order valence-corrected chi connectivity index (χ4v) is 1.58. The summed E-state index contributed by atoms with van der Waals surface area (Å²) in [6.07, 6.45) is 6.31. The van der Waals surface area contributed by atoms with E-state index in [-0.39, 0.29) is 5.89 Å². The molecule has 0 amide bonds. The number of pyridine rings is 1. The molecule has 0 saturated carbocycles. The first-order valence-corrected chi connectivity index (χ1v) is 6.17. The van der Waals surface area contributed by atoms with Gasteiger partial charge in [0, 0.05) is 18.8 Å². The van der Waals surface area contributed by atoms with Crippen molar-refractivity contribution in [3.05, 3.63) is 84.3 Å². The van der Waals surface area contributed by atoms with Crippen molar-refractivity contribution in [1.82, 2.24) is 9.97 Å². The molecule has 3 rings (SSSR count). The lowest BCUT2D eigenvalue weighted by atomic mass is 10.1. The quantitative estimate of drug-likeness (QED) is 0.683. The van der Waals surface area contributed by atoms with Crippen LogP contribution in [0.15, 0.2) is 71.6 Å². The van der Waals surface area contributed by atoms with Gasteiger partial charge in [0.25, 0.3) is 5.89 Å². The molecule has 0 unspecified atom stereocenters. The number of carbonyl (C=O) groups excluding carboxylic acids is 1. The van der Waals surface area contributed by atoms with Crippen molar-refractivity contribution in [1.29, 1.82) is 0 Å². The maximum absolute atomic E-state index is 10.3. The highest BCUT2D eigenvalue weighted by Crippen LogP contribution is 2.08. The van der Waals surface area contributed by atoms with Gasteiger partial charge in [0.1, 0.15) is 6.26 Å². The minimum absolute atomic E-state index is 0.135. The zero-order valence-electron chi connectivity index (χ0n) is 10.8. The highest BCUT2D eigenvalue weighted by molar-refractivity contribution is 5.67. The number of oxazole rings is 1. The molecular weight excluding hydrogens is 252 g/mol. The second kappa shape index (κ2) is 7.63. The first-order chi connectivity index (χ1) is 9.88. The lowest BCUT2D eigenvalue weighted by Gasteiger charge is -1.94. The largest absolute Gasteiger partial charge is 0.442 e. The summed E-state index contributed by atoms with van der Waals surface area (Å²) in [6.45, 7) is 0. The number of nitrogens with zero attached hydrogens (tertiary/aromatic N) is 2. The molecule has 0 spiro atoms. The Bertz CT molecular complexity index is 595. The van der Waals surface area contributed by atoms with Gasteiger partial charge in [-0.25, -0.2) is 4.98 Å². The maximum atomic E-state index is 10.3. The van der Waals surface area contributed by atoms with E-state index in [2.05, 4.69) is 9.97 Å². The second-order valence-corrected chi connectivity index (χ2v) is 3.98. The van der Waals surface area contributed by atoms with Crippen LogP contribution in [-0.2, 0) is 6.42 Å². The van der Waals surface area contributed by atoms with Crippen LogP contribution in [0.2, 0.25) is 0 Å². The molecule has 0 N–H and O–H groups in total. The Morgan fingerprint density at radius 2 is 1.70 bits per heavy atom. The van der Waals surface area contributed by atoms with Crippen LogP contribution in [0.4, 0.5) is 0 Å². The molecule has 4 nitrogen and oxygen atoms in total. The molecule has 2 aromatic heterocycles. The molecule has 0 bridgehead atoms. The molecule has 0 atom stereocenters. The van der Waals surface area contributed by atoms with Gasteiger partial charge in [-0.15, -0.1) is 0 Å². The van der Waals surface area contributed by atoms with Gasteiger partial charge in [-0.3, -0.25) is 9.78 Å². The first kappa shape index (κ1) is 13.7. The van der Waals surface area contributed by atoms with Gasteiger partial charge in [0.15, 0.2) is 0 Å². The monoisotopic (exact) mass is 266 g/mol. The van der Waals surface area contributed by atoms with Crippen LogP contribution in [-0.4, -0.2) is 16.3 Å². The summed E-state index contributed by atoms with van der Waals surface area (Å²) in [4.78, 5) is 18.1. The molecule has 0 aliphatic heterocycles. The number of rotatable bonds is 3. The second-order valence-electron chi connectivity index (χ2n) is 3.98. The fraction of sp³-hybridized carbons (Fsp3) is 0.0625. The zero-order valence-corrected chi connectivity index (χ0v) is 10.8. The molecule has 0 radical (unpaired) electrons. The van der Waals surface area contributed by atoms with Crippen LogP contribution in [0.5, 0.6) is 0 Å². The summed E-state index contributed by atoms with van der Waals surface area (Å²) in [7, 11) is 0. The molecule has 3 aromatic rings. The molecule has 0 fully saturated rings. The molecule has 0 aliphatic rings. The van der Waals surface area contributed by atoms with Crippen molar-refractivity contribution >= 4 is 6.29 Å². The Morgan fingerprint density at radius 3 is 2.20 bits per heavy atom. The maximum Gasteiger partial charge on any atom is 0.259 e. The highest BCUT2D eigenvalue weighted by Gasteiger charge is 2.02. The average molecular weight is 266 g/mol. The molecule has 20 heavy (non-hydrogen) atoms. The summed E-state index contributed by atoms with van der Waals surface area (Å²) in [5, 5.41) is 0. The number of benzene rings is 1. The third-order valence-corrected chi connectivity index (χ3v) is 2.46. The van der Waals surface area contributed by atoms with E-state index in [1.807, 2.05) is 48.5 Å². The van der Waals surface area contributed by atoms with Crippen LogP contribution in [0.1, 0.15) is 21.9 Å². The number of aromatic nitrogens is 2. The van der Waals surface area contributed by atoms with Gasteiger partial charge in [0.2, 0.25) is 6.29 Å². The molecule has 1 aromatic carbocycles. The molecule has 4 heteroatoms. The summed E-state index contributed by atoms with van der Waals surface area (Å²) in [6, 6.07) is 15.6. The Hall–Kier alpha value is -2.75. The van der Waals surface area contributed by atoms with Gasteiger partial charge in [-0.05, 0) is 17.7 Å². The van der Waals surface area contributed by atoms with Gasteiger partial charge in [-0.2, -0.15) is 0 Å². The van der Waals surface area contributed by atoms with E-state index < -0.39 is 0 Å². The Kier molecular flexibility index (Phi) is 5.22. The molecule has 0 aliphatic carbocycles. The normalized spacial score (nSPS) is 9.40. The Morgan fingerprint density at radius 1 is 1.00 bits per heavy atom. The Labute approximate surface area is 117 Å². The van der Waals surface area contributed by atoms with Crippen molar-refractivity contribution in [2.24, 2.45) is 0 Å². The predicted molar refractivity (Wildman–Crippen MR) is 75.4 cm³/mol. The van der Waals surface area contributed by atoms with Crippen LogP contribution in [0.3, 0.4) is 0 Å². The molecule has 100 valence electrons. The van der Waals surface area contributed by atoms with E-state index in [0.717, 1.165) is 11.3 Å². The minimum atomic E-state index is 0.135. The van der Waals surface area contributed by atoms with Crippen molar-refractivity contribution in [2.75, 3.05) is 0 Å². The summed E-state index contributed by atoms with van der Waals surface area (Å²) in [5.41, 5.74) is 1.93.